The van der Waals surface area contributed by atoms with E-state index in [0.29, 0.717) is 36.7 Å². The maximum absolute atomic E-state index is 12.7. The highest BCUT2D eigenvalue weighted by molar-refractivity contribution is 7.89. The summed E-state index contributed by atoms with van der Waals surface area (Å²) in [7, 11) is -1.65. The summed E-state index contributed by atoms with van der Waals surface area (Å²) in [6.07, 6.45) is 1.15. The summed E-state index contributed by atoms with van der Waals surface area (Å²) in [4.78, 5) is 14.4. The van der Waals surface area contributed by atoms with Crippen LogP contribution in [0.2, 0.25) is 10.0 Å². The van der Waals surface area contributed by atoms with Crippen LogP contribution in [0.4, 0.5) is 0 Å². The molecular formula is C19H22Cl2N4O4S. The lowest BCUT2D eigenvalue weighted by Crippen LogP contribution is -2.47. The third-order valence-corrected chi connectivity index (χ3v) is 7.77. The maximum Gasteiger partial charge on any atom is 0.274 e. The number of amides is 1. The predicted molar refractivity (Wildman–Crippen MR) is 115 cm³/mol. The van der Waals surface area contributed by atoms with Gasteiger partial charge < -0.3 is 9.64 Å². The third kappa shape index (κ3) is 5.03. The molecule has 0 atom stereocenters. The minimum atomic E-state index is -3.25. The molecule has 1 fully saturated rings. The van der Waals surface area contributed by atoms with E-state index < -0.39 is 10.0 Å². The molecule has 30 heavy (non-hydrogen) atoms. The van der Waals surface area contributed by atoms with Gasteiger partial charge in [0, 0.05) is 32.2 Å². The Balaban J connectivity index is 1.61. The zero-order chi connectivity index (χ0) is 21.9. The van der Waals surface area contributed by atoms with Gasteiger partial charge in [-0.2, -0.15) is 0 Å². The Bertz CT molecular complexity index is 1010. The van der Waals surface area contributed by atoms with E-state index in [2.05, 4.69) is 10.2 Å². The number of carbonyl (C=O) groups excluding carboxylic acids is 1. The Morgan fingerprint density at radius 1 is 1.20 bits per heavy atom. The quantitative estimate of drug-likeness (QED) is 0.638. The highest BCUT2D eigenvalue weighted by atomic mass is 35.5. The molecule has 2 aromatic rings. The Hall–Kier alpha value is -1.94. The van der Waals surface area contributed by atoms with Crippen molar-refractivity contribution in [2.45, 2.75) is 25.8 Å². The lowest BCUT2D eigenvalue weighted by atomic mass is 10.1. The number of rotatable bonds is 6. The summed E-state index contributed by atoms with van der Waals surface area (Å²) in [5.74, 6) is 0.327. The van der Waals surface area contributed by atoms with E-state index in [9.17, 15) is 13.2 Å². The third-order valence-electron chi connectivity index (χ3n) is 5.06. The second-order valence-corrected chi connectivity index (χ2v) is 9.95. The number of carbonyl (C=O) groups is 1. The van der Waals surface area contributed by atoms with Crippen molar-refractivity contribution in [1.29, 1.82) is 0 Å². The summed E-state index contributed by atoms with van der Waals surface area (Å²) in [5, 5.41) is 8.52. The van der Waals surface area contributed by atoms with E-state index in [1.165, 1.54) is 16.4 Å². The topological polar surface area (TPSA) is 92.7 Å². The molecule has 1 aliphatic heterocycles. The molecule has 3 rings (SSSR count). The van der Waals surface area contributed by atoms with Gasteiger partial charge in [-0.15, -0.1) is 10.2 Å². The Morgan fingerprint density at radius 3 is 2.50 bits per heavy atom. The first-order valence-corrected chi connectivity index (χ1v) is 11.8. The van der Waals surface area contributed by atoms with Gasteiger partial charge >= 0.3 is 0 Å². The molecule has 1 aromatic heterocycles. The minimum Gasteiger partial charge on any atom is -0.436 e. The zero-order valence-corrected chi connectivity index (χ0v) is 18.9. The molecule has 1 aromatic carbocycles. The number of hydrogen-bond acceptors (Lipinski definition) is 6. The molecule has 8 nitrogen and oxygen atoms in total. The van der Waals surface area contributed by atoms with Crippen LogP contribution in [-0.4, -0.2) is 65.7 Å². The number of hydrogen-bond donors (Lipinski definition) is 0. The number of halogens is 2. The highest BCUT2D eigenvalue weighted by Crippen LogP contribution is 2.33. The smallest absolute Gasteiger partial charge is 0.274 e. The Kier molecular flexibility index (Phi) is 7.18. The van der Waals surface area contributed by atoms with Crippen LogP contribution in [-0.2, 0) is 10.0 Å². The number of likely N-dealkylation sites (tertiary alicyclic amines) is 1. The van der Waals surface area contributed by atoms with Crippen molar-refractivity contribution in [3.05, 3.63) is 46.1 Å². The minimum absolute atomic E-state index is 0.0626. The van der Waals surface area contributed by atoms with Crippen molar-refractivity contribution in [3.63, 3.8) is 0 Å². The number of nitrogens with zero attached hydrogens (tertiary/aromatic N) is 4. The van der Waals surface area contributed by atoms with Gasteiger partial charge in [0.05, 0.1) is 10.8 Å². The lowest BCUT2D eigenvalue weighted by Gasteiger charge is -2.35. The van der Waals surface area contributed by atoms with Gasteiger partial charge in [-0.1, -0.05) is 29.3 Å². The summed E-state index contributed by atoms with van der Waals surface area (Å²) in [6.45, 7) is 2.52. The standard InChI is InChI=1S/C19H22Cl2N4O4S/c1-3-30(27,28)24(2)13-9-11-25(12-10-13)19(26)15-7-8-17(23-22-15)29-16-6-4-5-14(20)18(16)21/h4-8,13H,3,9-12H2,1-2H3. The molecule has 1 saturated heterocycles. The number of piperidine rings is 1. The fraction of sp³-hybridized carbons (Fsp3) is 0.421. The van der Waals surface area contributed by atoms with Crippen LogP contribution in [0.3, 0.4) is 0 Å². The fourth-order valence-electron chi connectivity index (χ4n) is 3.19. The summed E-state index contributed by atoms with van der Waals surface area (Å²) in [5.41, 5.74) is 0.188. The lowest BCUT2D eigenvalue weighted by molar-refractivity contribution is 0.0679. The Morgan fingerprint density at radius 2 is 1.90 bits per heavy atom. The average Bonchev–Trinajstić information content (AvgIpc) is 2.76. The van der Waals surface area contributed by atoms with Gasteiger partial charge in [0.2, 0.25) is 15.9 Å². The normalized spacial score (nSPS) is 15.4. The highest BCUT2D eigenvalue weighted by Gasteiger charge is 2.31. The van der Waals surface area contributed by atoms with Gasteiger partial charge in [0.15, 0.2) is 5.69 Å². The fourth-order valence-corrected chi connectivity index (χ4v) is 4.59. The first kappa shape index (κ1) is 22.7. The maximum atomic E-state index is 12.7. The van der Waals surface area contributed by atoms with Crippen LogP contribution in [0, 0.1) is 0 Å². The monoisotopic (exact) mass is 472 g/mol. The second-order valence-electron chi connectivity index (χ2n) is 6.85. The predicted octanol–water partition coefficient (Wildman–Crippen LogP) is 3.46. The first-order valence-electron chi connectivity index (χ1n) is 9.43. The number of sulfonamides is 1. The van der Waals surface area contributed by atoms with Crippen molar-refractivity contribution in [2.24, 2.45) is 0 Å². The second kappa shape index (κ2) is 9.47. The van der Waals surface area contributed by atoms with Crippen LogP contribution < -0.4 is 4.74 Å². The van der Waals surface area contributed by atoms with Crippen molar-refractivity contribution >= 4 is 39.1 Å². The van der Waals surface area contributed by atoms with Crippen LogP contribution in [0.1, 0.15) is 30.3 Å². The molecule has 0 bridgehead atoms. The van der Waals surface area contributed by atoms with E-state index in [1.54, 1.807) is 37.1 Å². The molecule has 0 aliphatic carbocycles. The average molecular weight is 473 g/mol. The number of benzene rings is 1. The molecule has 0 N–H and O–H groups in total. The van der Waals surface area contributed by atoms with Crippen molar-refractivity contribution in [3.8, 4) is 11.6 Å². The van der Waals surface area contributed by atoms with Crippen LogP contribution in [0.25, 0.3) is 0 Å². The van der Waals surface area contributed by atoms with Gasteiger partial charge in [-0.05, 0) is 38.0 Å². The Labute approximate surface area is 185 Å². The molecule has 0 saturated carbocycles. The number of aromatic nitrogens is 2. The van der Waals surface area contributed by atoms with E-state index in [0.717, 1.165) is 0 Å². The molecule has 162 valence electrons. The van der Waals surface area contributed by atoms with E-state index in [1.807, 2.05) is 0 Å². The van der Waals surface area contributed by atoms with Crippen molar-refractivity contribution in [2.75, 3.05) is 25.9 Å². The molecule has 11 heteroatoms. The van der Waals surface area contributed by atoms with Gasteiger partial charge in [-0.3, -0.25) is 4.79 Å². The van der Waals surface area contributed by atoms with Gasteiger partial charge in [0.1, 0.15) is 10.8 Å². The van der Waals surface area contributed by atoms with Gasteiger partial charge in [0.25, 0.3) is 5.91 Å². The van der Waals surface area contributed by atoms with Crippen LogP contribution >= 0.6 is 23.2 Å². The van der Waals surface area contributed by atoms with Crippen molar-refractivity contribution < 1.29 is 17.9 Å². The van der Waals surface area contributed by atoms with E-state index in [4.69, 9.17) is 27.9 Å². The van der Waals surface area contributed by atoms with Crippen LogP contribution in [0.5, 0.6) is 11.6 Å². The molecule has 0 unspecified atom stereocenters. The molecule has 0 radical (unpaired) electrons. The summed E-state index contributed by atoms with van der Waals surface area (Å²) >= 11 is 12.1. The SMILES string of the molecule is CCS(=O)(=O)N(C)C1CCN(C(=O)c2ccc(Oc3cccc(Cl)c3Cl)nn2)CC1. The molecule has 1 aliphatic rings. The largest absolute Gasteiger partial charge is 0.436 e. The van der Waals surface area contributed by atoms with Crippen molar-refractivity contribution in [1.82, 2.24) is 19.4 Å². The summed E-state index contributed by atoms with van der Waals surface area (Å²) < 4.78 is 31.1. The first-order chi connectivity index (χ1) is 14.2. The molecule has 0 spiro atoms. The van der Waals surface area contributed by atoms with E-state index in [-0.39, 0.29) is 34.3 Å². The molecule has 2 heterocycles. The van der Waals surface area contributed by atoms with Crippen LogP contribution in [0.15, 0.2) is 30.3 Å². The summed E-state index contributed by atoms with van der Waals surface area (Å²) in [6, 6.07) is 7.94. The molecule has 1 amide bonds. The van der Waals surface area contributed by atoms with Gasteiger partial charge in [-0.25, -0.2) is 12.7 Å². The molecular weight excluding hydrogens is 451 g/mol. The number of ether oxygens (including phenoxy) is 1. The van der Waals surface area contributed by atoms with E-state index >= 15 is 0 Å². The zero-order valence-electron chi connectivity index (χ0n) is 16.6.